The molecule has 0 unspecified atom stereocenters. The second-order valence-electron chi connectivity index (χ2n) is 12.2. The van der Waals surface area contributed by atoms with E-state index in [-0.39, 0.29) is 5.92 Å². The van der Waals surface area contributed by atoms with E-state index in [0.29, 0.717) is 40.4 Å². The van der Waals surface area contributed by atoms with Gasteiger partial charge in [0, 0.05) is 31.3 Å². The summed E-state index contributed by atoms with van der Waals surface area (Å²) in [5, 5.41) is 0.308. The minimum Gasteiger partial charge on any atom is -0.417 e. The van der Waals surface area contributed by atoms with E-state index in [4.69, 9.17) is 4.43 Å². The van der Waals surface area contributed by atoms with Crippen molar-refractivity contribution in [2.24, 2.45) is 35.5 Å². The molecule has 0 saturated heterocycles. The number of rotatable bonds is 11. The van der Waals surface area contributed by atoms with Crippen LogP contribution < -0.4 is 0 Å². The van der Waals surface area contributed by atoms with Crippen molar-refractivity contribution >= 4 is 14.1 Å². The first-order chi connectivity index (χ1) is 15.2. The first kappa shape index (κ1) is 25.8. The number of carbonyl (C=O) groups is 1. The highest BCUT2D eigenvalue weighted by atomic mass is 28.4. The van der Waals surface area contributed by atoms with Gasteiger partial charge in [0.15, 0.2) is 8.32 Å². The molecule has 3 heteroatoms. The van der Waals surface area contributed by atoms with Crippen molar-refractivity contribution < 1.29 is 9.22 Å². The number of unbranched alkanes of at least 4 members (excludes halogenated alkanes) is 5. The van der Waals surface area contributed by atoms with Gasteiger partial charge in [0.05, 0.1) is 0 Å². The summed E-state index contributed by atoms with van der Waals surface area (Å²) in [5.74, 6) is 10.0. The minimum atomic E-state index is -1.58. The van der Waals surface area contributed by atoms with Crippen molar-refractivity contribution in [3.63, 3.8) is 0 Å². The second-order valence-corrected chi connectivity index (χ2v) is 17.0. The average molecular weight is 457 g/mol. The zero-order valence-corrected chi connectivity index (χ0v) is 22.7. The van der Waals surface area contributed by atoms with Gasteiger partial charge in [-0.2, -0.15) is 0 Å². The van der Waals surface area contributed by atoms with Gasteiger partial charge in [-0.15, -0.1) is 11.8 Å². The molecule has 2 fully saturated rings. The Kier molecular flexibility index (Phi) is 8.90. The number of ketones is 1. The van der Waals surface area contributed by atoms with E-state index < -0.39 is 8.32 Å². The van der Waals surface area contributed by atoms with Crippen LogP contribution in [0.3, 0.4) is 0 Å². The molecule has 0 N–H and O–H groups in total. The molecule has 6 atom stereocenters. The molecule has 0 aliphatic heterocycles. The molecule has 0 heterocycles. The molecule has 3 aliphatic rings. The molecule has 0 amide bonds. The molecule has 3 aliphatic carbocycles. The SMILES string of the molecule is CCC#CC[C@@H]1C(=O)[C@@H]2[C@H]([C@@H]1CCCCCCCCO[Si](C)(C)C(C)(C)C)[C@@H]1C=C[C@H]2C1. The normalized spacial score (nSPS) is 31.1. The third-order valence-electron chi connectivity index (χ3n) is 9.05. The maximum atomic E-state index is 13.2. The summed E-state index contributed by atoms with van der Waals surface area (Å²) in [6, 6.07) is 0. The molecule has 3 rings (SSSR count). The van der Waals surface area contributed by atoms with E-state index in [9.17, 15) is 4.79 Å². The van der Waals surface area contributed by atoms with Crippen LogP contribution in [0.2, 0.25) is 18.1 Å². The number of fused-ring (bicyclic) bond motifs is 5. The molecule has 2 bridgehead atoms. The van der Waals surface area contributed by atoms with Crippen molar-refractivity contribution in [1.82, 2.24) is 0 Å². The molecule has 0 aromatic heterocycles. The van der Waals surface area contributed by atoms with Gasteiger partial charge < -0.3 is 4.43 Å². The molecule has 0 aromatic rings. The molecule has 0 radical (unpaired) electrons. The van der Waals surface area contributed by atoms with E-state index in [1.807, 2.05) is 0 Å². The maximum absolute atomic E-state index is 13.2. The second kappa shape index (κ2) is 11.0. The van der Waals surface area contributed by atoms with Gasteiger partial charge in [0.1, 0.15) is 5.78 Å². The van der Waals surface area contributed by atoms with Crippen LogP contribution in [0.15, 0.2) is 12.2 Å². The van der Waals surface area contributed by atoms with Gasteiger partial charge in [0.2, 0.25) is 0 Å². The summed E-state index contributed by atoms with van der Waals surface area (Å²) in [4.78, 5) is 13.2. The quantitative estimate of drug-likeness (QED) is 0.137. The summed E-state index contributed by atoms with van der Waals surface area (Å²) in [5.41, 5.74) is 0. The minimum absolute atomic E-state index is 0.210. The zero-order chi connectivity index (χ0) is 23.4. The van der Waals surface area contributed by atoms with Crippen LogP contribution >= 0.6 is 0 Å². The van der Waals surface area contributed by atoms with Gasteiger partial charge in [-0.1, -0.05) is 72.0 Å². The summed E-state index contributed by atoms with van der Waals surface area (Å²) >= 11 is 0. The highest BCUT2D eigenvalue weighted by molar-refractivity contribution is 6.74. The lowest BCUT2D eigenvalue weighted by molar-refractivity contribution is -0.125. The first-order valence-electron chi connectivity index (χ1n) is 13.5. The molecule has 32 heavy (non-hydrogen) atoms. The molecular formula is C29H48O2Si. The predicted octanol–water partition coefficient (Wildman–Crippen LogP) is 7.80. The van der Waals surface area contributed by atoms with Crippen LogP contribution in [0.4, 0.5) is 0 Å². The fourth-order valence-corrected chi connectivity index (χ4v) is 7.34. The van der Waals surface area contributed by atoms with E-state index in [2.05, 4.69) is 64.8 Å². The van der Waals surface area contributed by atoms with E-state index in [1.165, 1.54) is 51.4 Å². The van der Waals surface area contributed by atoms with Gasteiger partial charge in [-0.25, -0.2) is 0 Å². The molecule has 0 spiro atoms. The fourth-order valence-electron chi connectivity index (χ4n) is 6.26. The Labute approximate surface area is 199 Å². The number of hydrogen-bond donors (Lipinski definition) is 0. The Hall–Kier alpha value is -0.853. The Morgan fingerprint density at radius 3 is 2.34 bits per heavy atom. The van der Waals surface area contributed by atoms with Crippen LogP contribution in [-0.2, 0) is 9.22 Å². The van der Waals surface area contributed by atoms with Gasteiger partial charge in [-0.3, -0.25) is 4.79 Å². The standard InChI is InChI=1S/C29H48O2Si/c1-7-8-13-17-25-24(26-22-18-19-23(21-22)27(26)28(25)30)16-14-11-9-10-12-15-20-31-32(5,6)29(2,3)4/h18-19,22-27H,7,9-12,14-17,20-21H2,1-6H3/t22-,23+,24-,25+,26+,27+/m1/s1. The van der Waals surface area contributed by atoms with Crippen LogP contribution in [0, 0.1) is 47.3 Å². The third-order valence-corrected chi connectivity index (χ3v) is 13.6. The van der Waals surface area contributed by atoms with Gasteiger partial charge >= 0.3 is 0 Å². The van der Waals surface area contributed by atoms with E-state index in [0.717, 1.165) is 19.4 Å². The number of allylic oxidation sites excluding steroid dienone is 2. The Morgan fingerprint density at radius 1 is 1.00 bits per heavy atom. The molecule has 2 nitrogen and oxygen atoms in total. The van der Waals surface area contributed by atoms with Crippen molar-refractivity contribution in [1.29, 1.82) is 0 Å². The Bertz CT molecular complexity index is 720. The summed E-state index contributed by atoms with van der Waals surface area (Å²) in [7, 11) is -1.58. The Balaban J connectivity index is 1.37. The van der Waals surface area contributed by atoms with Crippen molar-refractivity contribution in [3.05, 3.63) is 12.2 Å². The van der Waals surface area contributed by atoms with Gasteiger partial charge in [0.25, 0.3) is 0 Å². The fraction of sp³-hybridized carbons (Fsp3) is 0.828. The largest absolute Gasteiger partial charge is 0.417 e. The topological polar surface area (TPSA) is 26.3 Å². The molecule has 2 saturated carbocycles. The van der Waals surface area contributed by atoms with Crippen molar-refractivity contribution in [3.8, 4) is 11.8 Å². The summed E-state index contributed by atoms with van der Waals surface area (Å²) in [6.45, 7) is 14.7. The van der Waals surface area contributed by atoms with Crippen LogP contribution in [0.1, 0.15) is 91.9 Å². The lowest BCUT2D eigenvalue weighted by atomic mass is 9.77. The smallest absolute Gasteiger partial charge is 0.191 e. The van der Waals surface area contributed by atoms with Crippen LogP contribution in [0.5, 0.6) is 0 Å². The summed E-state index contributed by atoms with van der Waals surface area (Å²) in [6.07, 6.45) is 16.6. The predicted molar refractivity (Wildman–Crippen MR) is 138 cm³/mol. The number of carbonyl (C=O) groups excluding carboxylic acids is 1. The van der Waals surface area contributed by atoms with Crippen molar-refractivity contribution in [2.45, 2.75) is 110 Å². The van der Waals surface area contributed by atoms with Crippen LogP contribution in [-0.4, -0.2) is 20.7 Å². The Morgan fingerprint density at radius 2 is 1.66 bits per heavy atom. The average Bonchev–Trinajstić information content (AvgIpc) is 3.40. The lowest BCUT2D eigenvalue weighted by Gasteiger charge is -2.36. The molecule has 0 aromatic carbocycles. The first-order valence-corrected chi connectivity index (χ1v) is 16.4. The highest BCUT2D eigenvalue weighted by Crippen LogP contribution is 2.59. The lowest BCUT2D eigenvalue weighted by Crippen LogP contribution is -2.40. The summed E-state index contributed by atoms with van der Waals surface area (Å²) < 4.78 is 6.31. The highest BCUT2D eigenvalue weighted by Gasteiger charge is 2.58. The van der Waals surface area contributed by atoms with Crippen molar-refractivity contribution in [2.75, 3.05) is 6.61 Å². The maximum Gasteiger partial charge on any atom is 0.191 e. The number of Topliss-reactive ketones (excluding diaryl/α,β-unsaturated/α-hetero) is 1. The van der Waals surface area contributed by atoms with E-state index >= 15 is 0 Å². The molecule has 180 valence electrons. The molecular weight excluding hydrogens is 408 g/mol. The third kappa shape index (κ3) is 5.79. The van der Waals surface area contributed by atoms with Crippen LogP contribution in [0.25, 0.3) is 0 Å². The van der Waals surface area contributed by atoms with E-state index in [1.54, 1.807) is 0 Å². The zero-order valence-electron chi connectivity index (χ0n) is 21.7. The number of hydrogen-bond acceptors (Lipinski definition) is 2. The van der Waals surface area contributed by atoms with Gasteiger partial charge in [-0.05, 0) is 61.1 Å². The monoisotopic (exact) mass is 456 g/mol.